The number of benzene rings is 1. The Labute approximate surface area is 106 Å². The zero-order chi connectivity index (χ0) is 12.3. The van der Waals surface area contributed by atoms with Crippen molar-refractivity contribution < 1.29 is 9.53 Å². The average Bonchev–Trinajstić information content (AvgIpc) is 2.73. The summed E-state index contributed by atoms with van der Waals surface area (Å²) in [7, 11) is 0. The highest BCUT2D eigenvalue weighted by molar-refractivity contribution is 7.10. The lowest BCUT2D eigenvalue weighted by Gasteiger charge is -2.04. The van der Waals surface area contributed by atoms with Crippen molar-refractivity contribution in [3.63, 3.8) is 0 Å². The van der Waals surface area contributed by atoms with E-state index in [1.807, 2.05) is 0 Å². The number of hydrogen-bond donors (Lipinski definition) is 1. The highest BCUT2D eigenvalue weighted by Gasteiger charge is 2.06. The number of nitrogens with two attached hydrogens (primary N) is 1. The summed E-state index contributed by atoms with van der Waals surface area (Å²) in [6, 6.07) is 6.51. The van der Waals surface area contributed by atoms with E-state index in [2.05, 4.69) is 9.59 Å². The van der Waals surface area contributed by atoms with Crippen molar-refractivity contribution in [2.24, 2.45) is 5.73 Å². The lowest BCUT2D eigenvalue weighted by Crippen LogP contribution is -2.10. The number of halogens is 1. The summed E-state index contributed by atoms with van der Waals surface area (Å²) in [6.45, 7) is 0.241. The standard InChI is InChI=1S/C10H8ClN3O2S/c11-9-8(13-14-17-9)5-16-7-3-1-6(2-4-7)10(12)15/h1-4H,5H2,(H2,12,15). The van der Waals surface area contributed by atoms with Crippen LogP contribution in [0.2, 0.25) is 4.34 Å². The van der Waals surface area contributed by atoms with E-state index in [9.17, 15) is 4.79 Å². The van der Waals surface area contributed by atoms with E-state index in [4.69, 9.17) is 22.1 Å². The van der Waals surface area contributed by atoms with Crippen molar-refractivity contribution in [3.8, 4) is 5.75 Å². The molecule has 0 unspecified atom stereocenters. The van der Waals surface area contributed by atoms with Gasteiger partial charge < -0.3 is 10.5 Å². The van der Waals surface area contributed by atoms with Crippen LogP contribution >= 0.6 is 23.1 Å². The number of carbonyl (C=O) groups excluding carboxylic acids is 1. The molecular formula is C10H8ClN3O2S. The van der Waals surface area contributed by atoms with Crippen molar-refractivity contribution in [1.82, 2.24) is 9.59 Å². The molecule has 0 saturated heterocycles. The Morgan fingerprint density at radius 3 is 2.65 bits per heavy atom. The molecule has 1 aromatic heterocycles. The van der Waals surface area contributed by atoms with Gasteiger partial charge in [0.15, 0.2) is 0 Å². The third kappa shape index (κ3) is 2.92. The number of aromatic nitrogens is 2. The van der Waals surface area contributed by atoms with E-state index < -0.39 is 5.91 Å². The highest BCUT2D eigenvalue weighted by atomic mass is 35.5. The number of nitrogens with zero attached hydrogens (tertiary/aromatic N) is 2. The van der Waals surface area contributed by atoms with E-state index in [1.165, 1.54) is 0 Å². The second kappa shape index (κ2) is 5.11. The number of ether oxygens (including phenoxy) is 1. The summed E-state index contributed by atoms with van der Waals surface area (Å²) in [4.78, 5) is 10.8. The molecule has 1 amide bonds. The van der Waals surface area contributed by atoms with Gasteiger partial charge in [0.25, 0.3) is 0 Å². The molecule has 1 heterocycles. The fraction of sp³-hybridized carbons (Fsp3) is 0.100. The minimum Gasteiger partial charge on any atom is -0.487 e. The van der Waals surface area contributed by atoms with Gasteiger partial charge in [-0.15, -0.1) is 5.10 Å². The minimum absolute atomic E-state index is 0.241. The van der Waals surface area contributed by atoms with E-state index in [1.54, 1.807) is 24.3 Å². The lowest BCUT2D eigenvalue weighted by molar-refractivity contribution is 0.100. The molecule has 0 saturated carbocycles. The Morgan fingerprint density at radius 1 is 1.41 bits per heavy atom. The van der Waals surface area contributed by atoms with Crippen molar-refractivity contribution >= 4 is 29.0 Å². The Kier molecular flexibility index (Phi) is 3.55. The number of amides is 1. The molecule has 5 nitrogen and oxygen atoms in total. The van der Waals surface area contributed by atoms with Gasteiger partial charge in [-0.25, -0.2) is 0 Å². The first-order chi connectivity index (χ1) is 8.16. The van der Waals surface area contributed by atoms with Crippen LogP contribution in [0.25, 0.3) is 0 Å². The van der Waals surface area contributed by atoms with Crippen molar-refractivity contribution in [2.45, 2.75) is 6.61 Å². The van der Waals surface area contributed by atoms with Gasteiger partial charge in [-0.2, -0.15) is 0 Å². The van der Waals surface area contributed by atoms with Crippen molar-refractivity contribution in [1.29, 1.82) is 0 Å². The van der Waals surface area contributed by atoms with Gasteiger partial charge in [0.1, 0.15) is 22.4 Å². The Morgan fingerprint density at radius 2 is 2.12 bits per heavy atom. The van der Waals surface area contributed by atoms with Crippen LogP contribution in [-0.4, -0.2) is 15.5 Å². The van der Waals surface area contributed by atoms with Crippen LogP contribution in [0.4, 0.5) is 0 Å². The zero-order valence-electron chi connectivity index (χ0n) is 8.59. The van der Waals surface area contributed by atoms with Crippen LogP contribution in [0.5, 0.6) is 5.75 Å². The fourth-order valence-electron chi connectivity index (χ4n) is 1.15. The SMILES string of the molecule is NC(=O)c1ccc(OCc2nnsc2Cl)cc1. The molecule has 0 radical (unpaired) electrons. The van der Waals surface area contributed by atoms with Gasteiger partial charge in [-0.05, 0) is 24.3 Å². The van der Waals surface area contributed by atoms with Crippen LogP contribution in [0.1, 0.15) is 16.1 Å². The number of carbonyl (C=O) groups is 1. The summed E-state index contributed by atoms with van der Waals surface area (Å²) < 4.78 is 9.64. The van der Waals surface area contributed by atoms with E-state index in [0.29, 0.717) is 21.3 Å². The summed E-state index contributed by atoms with van der Waals surface area (Å²) >= 11 is 6.93. The van der Waals surface area contributed by atoms with Gasteiger partial charge >= 0.3 is 0 Å². The molecule has 0 spiro atoms. The highest BCUT2D eigenvalue weighted by Crippen LogP contribution is 2.19. The number of primary amides is 1. The molecule has 2 aromatic rings. The van der Waals surface area contributed by atoms with Gasteiger partial charge in [0.05, 0.1) is 0 Å². The second-order valence-electron chi connectivity index (χ2n) is 3.17. The van der Waals surface area contributed by atoms with Crippen LogP contribution in [0.15, 0.2) is 24.3 Å². The maximum Gasteiger partial charge on any atom is 0.248 e. The third-order valence-corrected chi connectivity index (χ3v) is 3.01. The molecule has 7 heteroatoms. The summed E-state index contributed by atoms with van der Waals surface area (Å²) in [5, 5.41) is 3.81. The van der Waals surface area contributed by atoms with Crippen LogP contribution < -0.4 is 10.5 Å². The molecule has 2 rings (SSSR count). The molecular weight excluding hydrogens is 262 g/mol. The molecule has 0 bridgehead atoms. The van der Waals surface area contributed by atoms with Gasteiger partial charge in [0, 0.05) is 17.1 Å². The Hall–Kier alpha value is -1.66. The van der Waals surface area contributed by atoms with Crippen LogP contribution in [-0.2, 0) is 6.61 Å². The van der Waals surface area contributed by atoms with Crippen LogP contribution in [0.3, 0.4) is 0 Å². The molecule has 0 aliphatic heterocycles. The first-order valence-corrected chi connectivity index (χ1v) is 5.81. The predicted molar refractivity (Wildman–Crippen MR) is 64.2 cm³/mol. The molecule has 0 aliphatic carbocycles. The first kappa shape index (κ1) is 11.8. The largest absolute Gasteiger partial charge is 0.487 e. The summed E-state index contributed by atoms with van der Waals surface area (Å²) in [5.74, 6) is 0.141. The fourth-order valence-corrected chi connectivity index (χ4v) is 1.75. The van der Waals surface area contributed by atoms with Gasteiger partial charge in [-0.3, -0.25) is 4.79 Å². The van der Waals surface area contributed by atoms with Gasteiger partial charge in [-0.1, -0.05) is 16.1 Å². The van der Waals surface area contributed by atoms with E-state index in [-0.39, 0.29) is 6.61 Å². The molecule has 0 atom stereocenters. The zero-order valence-corrected chi connectivity index (χ0v) is 10.2. The van der Waals surface area contributed by atoms with Gasteiger partial charge in [0.2, 0.25) is 5.91 Å². The maximum absolute atomic E-state index is 10.8. The normalized spacial score (nSPS) is 10.2. The topological polar surface area (TPSA) is 78.1 Å². The molecule has 1 aromatic carbocycles. The van der Waals surface area contributed by atoms with Crippen molar-refractivity contribution in [3.05, 3.63) is 39.9 Å². The molecule has 88 valence electrons. The maximum atomic E-state index is 10.8. The van der Waals surface area contributed by atoms with Crippen molar-refractivity contribution in [2.75, 3.05) is 0 Å². The predicted octanol–water partition coefficient (Wildman–Crippen LogP) is 1.87. The summed E-state index contributed by atoms with van der Waals surface area (Å²) in [6.07, 6.45) is 0. The molecule has 0 aliphatic rings. The number of hydrogen-bond acceptors (Lipinski definition) is 5. The monoisotopic (exact) mass is 269 g/mol. The lowest BCUT2D eigenvalue weighted by atomic mass is 10.2. The van der Waals surface area contributed by atoms with Crippen LogP contribution in [0, 0.1) is 0 Å². The Bertz CT molecular complexity index is 527. The third-order valence-electron chi connectivity index (χ3n) is 2.02. The average molecular weight is 270 g/mol. The first-order valence-electron chi connectivity index (χ1n) is 4.66. The second-order valence-corrected chi connectivity index (χ2v) is 4.53. The molecule has 0 fully saturated rings. The molecule has 17 heavy (non-hydrogen) atoms. The Balaban J connectivity index is 2.00. The van der Waals surface area contributed by atoms with E-state index >= 15 is 0 Å². The molecule has 2 N–H and O–H groups in total. The number of rotatable bonds is 4. The quantitative estimate of drug-likeness (QED) is 0.919. The minimum atomic E-state index is -0.469. The van der Waals surface area contributed by atoms with E-state index in [0.717, 1.165) is 11.5 Å². The summed E-state index contributed by atoms with van der Waals surface area (Å²) in [5.41, 5.74) is 6.15. The smallest absolute Gasteiger partial charge is 0.248 e.